The predicted molar refractivity (Wildman–Crippen MR) is 82.7 cm³/mol. The van der Waals surface area contributed by atoms with Gasteiger partial charge in [-0.15, -0.1) is 6.58 Å². The molecule has 0 amide bonds. The van der Waals surface area contributed by atoms with Gasteiger partial charge in [0.15, 0.2) is 0 Å². The lowest BCUT2D eigenvalue weighted by atomic mass is 9.89. The third kappa shape index (κ3) is 2.44. The summed E-state index contributed by atoms with van der Waals surface area (Å²) in [4.78, 5) is 27.6. The van der Waals surface area contributed by atoms with Crippen molar-refractivity contribution >= 4 is 11.6 Å². The Morgan fingerprint density at radius 3 is 2.41 bits per heavy atom. The number of ketones is 2. The molecule has 0 atom stereocenters. The van der Waals surface area contributed by atoms with E-state index in [0.29, 0.717) is 55.4 Å². The number of hydrogen-bond donors (Lipinski definition) is 1. The van der Waals surface area contributed by atoms with E-state index in [4.69, 9.17) is 4.74 Å². The van der Waals surface area contributed by atoms with Crippen molar-refractivity contribution in [2.24, 2.45) is 0 Å². The van der Waals surface area contributed by atoms with Crippen LogP contribution in [0.4, 0.5) is 0 Å². The minimum Gasteiger partial charge on any atom is -0.378 e. The van der Waals surface area contributed by atoms with Crippen LogP contribution in [-0.2, 0) is 4.74 Å². The molecule has 22 heavy (non-hydrogen) atoms. The molecular weight excluding hydrogens is 280 g/mol. The summed E-state index contributed by atoms with van der Waals surface area (Å²) < 4.78 is 5.34. The minimum absolute atomic E-state index is 0.108. The third-order valence-corrected chi connectivity index (χ3v) is 3.85. The van der Waals surface area contributed by atoms with E-state index in [9.17, 15) is 9.59 Å². The van der Waals surface area contributed by atoms with Crippen molar-refractivity contribution in [2.45, 2.75) is 0 Å². The van der Waals surface area contributed by atoms with Gasteiger partial charge in [0.2, 0.25) is 11.6 Å². The minimum atomic E-state index is -0.140. The molecule has 5 heteroatoms. The summed E-state index contributed by atoms with van der Waals surface area (Å²) in [6.07, 6.45) is 1.67. The second-order valence-corrected chi connectivity index (χ2v) is 5.20. The van der Waals surface area contributed by atoms with Crippen LogP contribution >= 0.6 is 0 Å². The van der Waals surface area contributed by atoms with Crippen LogP contribution in [0.5, 0.6) is 0 Å². The lowest BCUT2D eigenvalue weighted by Gasteiger charge is -2.34. The van der Waals surface area contributed by atoms with Gasteiger partial charge in [0.05, 0.1) is 13.2 Å². The van der Waals surface area contributed by atoms with Crippen LogP contribution in [0.2, 0.25) is 0 Å². The topological polar surface area (TPSA) is 58.6 Å². The summed E-state index contributed by atoms with van der Waals surface area (Å²) in [5.74, 6) is -0.248. The molecule has 0 spiro atoms. The van der Waals surface area contributed by atoms with Gasteiger partial charge in [-0.05, 0) is 0 Å². The van der Waals surface area contributed by atoms with Crippen molar-refractivity contribution in [1.29, 1.82) is 0 Å². The summed E-state index contributed by atoms with van der Waals surface area (Å²) in [7, 11) is 0. The molecule has 3 rings (SSSR count). The van der Waals surface area contributed by atoms with Crippen LogP contribution in [0.15, 0.2) is 48.3 Å². The van der Waals surface area contributed by atoms with Gasteiger partial charge in [0.1, 0.15) is 11.4 Å². The van der Waals surface area contributed by atoms with Crippen molar-refractivity contribution < 1.29 is 14.3 Å². The molecule has 0 saturated carbocycles. The average Bonchev–Trinajstić information content (AvgIpc) is 2.57. The highest BCUT2D eigenvalue weighted by Crippen LogP contribution is 2.27. The molecule has 1 aliphatic carbocycles. The Morgan fingerprint density at radius 1 is 1.14 bits per heavy atom. The maximum absolute atomic E-state index is 12.9. The number of ether oxygens (including phenoxy) is 1. The molecule has 1 fully saturated rings. The molecule has 0 unspecified atom stereocenters. The maximum Gasteiger partial charge on any atom is 0.212 e. The van der Waals surface area contributed by atoms with Crippen LogP contribution in [0.25, 0.3) is 0 Å². The lowest BCUT2D eigenvalue weighted by Crippen LogP contribution is -2.43. The van der Waals surface area contributed by atoms with Gasteiger partial charge >= 0.3 is 0 Å². The number of fused-ring (bicyclic) bond motifs is 1. The monoisotopic (exact) mass is 298 g/mol. The molecule has 1 aromatic rings. The number of allylic oxidation sites excluding steroid dienone is 2. The first-order valence-corrected chi connectivity index (χ1v) is 7.34. The summed E-state index contributed by atoms with van der Waals surface area (Å²) in [5.41, 5.74) is 1.74. The Balaban J connectivity index is 2.08. The van der Waals surface area contributed by atoms with E-state index < -0.39 is 0 Å². The molecule has 2 aliphatic rings. The van der Waals surface area contributed by atoms with Crippen molar-refractivity contribution in [2.75, 3.05) is 32.8 Å². The Hall–Kier alpha value is -2.40. The van der Waals surface area contributed by atoms with Crippen LogP contribution in [0.3, 0.4) is 0 Å². The second-order valence-electron chi connectivity index (χ2n) is 5.20. The summed E-state index contributed by atoms with van der Waals surface area (Å²) in [6, 6.07) is 6.96. The van der Waals surface area contributed by atoms with E-state index in [1.54, 1.807) is 30.3 Å². The molecule has 0 bridgehead atoms. The highest BCUT2D eigenvalue weighted by molar-refractivity contribution is 6.26. The van der Waals surface area contributed by atoms with Crippen LogP contribution in [-0.4, -0.2) is 49.3 Å². The van der Waals surface area contributed by atoms with E-state index in [-0.39, 0.29) is 11.6 Å². The van der Waals surface area contributed by atoms with E-state index in [0.717, 1.165) is 0 Å². The van der Waals surface area contributed by atoms with Crippen LogP contribution < -0.4 is 5.32 Å². The summed E-state index contributed by atoms with van der Waals surface area (Å²) >= 11 is 0. The van der Waals surface area contributed by atoms with Crippen LogP contribution in [0.1, 0.15) is 20.7 Å². The van der Waals surface area contributed by atoms with E-state index >= 15 is 0 Å². The fourth-order valence-corrected chi connectivity index (χ4v) is 2.79. The third-order valence-electron chi connectivity index (χ3n) is 3.85. The summed E-state index contributed by atoms with van der Waals surface area (Å²) in [5, 5.41) is 3.05. The number of hydrogen-bond acceptors (Lipinski definition) is 5. The number of nitrogens with one attached hydrogen (secondary N) is 1. The van der Waals surface area contributed by atoms with Crippen molar-refractivity contribution in [3.8, 4) is 0 Å². The average molecular weight is 298 g/mol. The number of nitrogens with zero attached hydrogens (tertiary/aromatic N) is 1. The van der Waals surface area contributed by atoms with Gasteiger partial charge in [0, 0.05) is 30.8 Å². The first-order chi connectivity index (χ1) is 10.7. The van der Waals surface area contributed by atoms with Gasteiger partial charge in [-0.2, -0.15) is 0 Å². The van der Waals surface area contributed by atoms with Gasteiger partial charge < -0.3 is 15.0 Å². The number of morpholine rings is 1. The molecule has 0 aromatic heterocycles. The predicted octanol–water partition coefficient (Wildman–Crippen LogP) is 1.38. The zero-order chi connectivity index (χ0) is 15.5. The molecule has 5 nitrogen and oxygen atoms in total. The maximum atomic E-state index is 12.9. The molecule has 1 aliphatic heterocycles. The second kappa shape index (κ2) is 6.15. The van der Waals surface area contributed by atoms with Gasteiger partial charge in [-0.25, -0.2) is 0 Å². The molecule has 0 radical (unpaired) electrons. The Labute approximate surface area is 129 Å². The Bertz CT molecular complexity index is 658. The standard InChI is InChI=1S/C17H18N2O3/c1-2-7-18-14-15(19-8-10-22-11-9-19)17(21)13-6-4-3-5-12(13)16(14)20/h2-6,18H,1,7-11H2. The van der Waals surface area contributed by atoms with Crippen molar-refractivity contribution in [3.63, 3.8) is 0 Å². The normalized spacial score (nSPS) is 18.3. The van der Waals surface area contributed by atoms with E-state index in [1.165, 1.54) is 0 Å². The van der Waals surface area contributed by atoms with Gasteiger partial charge in [-0.1, -0.05) is 30.3 Å². The Kier molecular flexibility index (Phi) is 4.06. The molecule has 1 heterocycles. The zero-order valence-electron chi connectivity index (χ0n) is 12.3. The van der Waals surface area contributed by atoms with Crippen LogP contribution in [0, 0.1) is 0 Å². The quantitative estimate of drug-likeness (QED) is 0.851. The molecule has 114 valence electrons. The number of Topliss-reactive ketones (excluding diaryl/α,β-unsaturated/α-hetero) is 2. The van der Waals surface area contributed by atoms with Gasteiger partial charge in [0.25, 0.3) is 0 Å². The number of carbonyl (C=O) groups excluding carboxylic acids is 2. The molecule has 1 saturated heterocycles. The number of rotatable bonds is 4. The number of carbonyl (C=O) groups is 2. The van der Waals surface area contributed by atoms with Crippen molar-refractivity contribution in [3.05, 3.63) is 59.4 Å². The SMILES string of the molecule is C=CCNC1=C(N2CCOCC2)C(=O)c2ccccc2C1=O. The first kappa shape index (κ1) is 14.5. The zero-order valence-corrected chi connectivity index (χ0v) is 12.3. The lowest BCUT2D eigenvalue weighted by molar-refractivity contribution is 0.0493. The molecule has 1 N–H and O–H groups in total. The highest BCUT2D eigenvalue weighted by atomic mass is 16.5. The Morgan fingerprint density at radius 2 is 1.77 bits per heavy atom. The van der Waals surface area contributed by atoms with E-state index in [1.807, 2.05) is 4.90 Å². The molecular formula is C17H18N2O3. The smallest absolute Gasteiger partial charge is 0.212 e. The molecule has 1 aromatic carbocycles. The largest absolute Gasteiger partial charge is 0.378 e. The fraction of sp³-hybridized carbons (Fsp3) is 0.294. The highest BCUT2D eigenvalue weighted by Gasteiger charge is 2.35. The summed E-state index contributed by atoms with van der Waals surface area (Å²) in [6.45, 7) is 6.42. The fourth-order valence-electron chi connectivity index (χ4n) is 2.79. The van der Waals surface area contributed by atoms with Gasteiger partial charge in [-0.3, -0.25) is 9.59 Å². The number of benzene rings is 1. The first-order valence-electron chi connectivity index (χ1n) is 7.34. The van der Waals surface area contributed by atoms with E-state index in [2.05, 4.69) is 11.9 Å². The van der Waals surface area contributed by atoms with Crippen molar-refractivity contribution in [1.82, 2.24) is 10.2 Å².